The molecule has 0 unspecified atom stereocenters. The molecule has 1 saturated carbocycles. The molecule has 3 aromatic rings. The quantitative estimate of drug-likeness (QED) is 0.538. The van der Waals surface area contributed by atoms with Gasteiger partial charge >= 0.3 is 5.97 Å². The number of benzene rings is 2. The average Bonchev–Trinajstić information content (AvgIpc) is 3.11. The van der Waals surface area contributed by atoms with Gasteiger partial charge in [-0.2, -0.15) is 0 Å². The van der Waals surface area contributed by atoms with Gasteiger partial charge in [0, 0.05) is 29.4 Å². The molecule has 7 heteroatoms. The summed E-state index contributed by atoms with van der Waals surface area (Å²) < 4.78 is 34.6. The van der Waals surface area contributed by atoms with Crippen molar-refractivity contribution in [3.8, 4) is 11.3 Å². The largest absolute Gasteiger partial charge is 0.461 e. The first kappa shape index (κ1) is 21.6. The van der Waals surface area contributed by atoms with Crippen molar-refractivity contribution in [2.24, 2.45) is 0 Å². The molecular weight excluding hydrogens is 412 g/mol. The number of carbonyl (C=O) groups excluding carboxylic acids is 1. The lowest BCUT2D eigenvalue weighted by molar-refractivity contribution is -0.142. The van der Waals surface area contributed by atoms with Crippen LogP contribution in [-0.2, 0) is 26.2 Å². The Kier molecular flexibility index (Phi) is 6.16. The molecule has 0 bridgehead atoms. The van der Waals surface area contributed by atoms with E-state index in [0.29, 0.717) is 5.56 Å². The van der Waals surface area contributed by atoms with Gasteiger partial charge in [0.25, 0.3) is 0 Å². The number of para-hydroxylation sites is 1. The summed E-state index contributed by atoms with van der Waals surface area (Å²) in [7, 11) is -3.64. The Hall–Kier alpha value is -2.64. The number of hydrogen-bond acceptors (Lipinski definition) is 4. The number of hydrogen-bond donors (Lipinski definition) is 2. The van der Waals surface area contributed by atoms with Crippen molar-refractivity contribution in [3.63, 3.8) is 0 Å². The normalized spacial score (nSPS) is 15.3. The molecule has 6 nitrogen and oxygen atoms in total. The van der Waals surface area contributed by atoms with E-state index in [9.17, 15) is 13.2 Å². The number of nitrogens with one attached hydrogen (secondary N) is 2. The van der Waals surface area contributed by atoms with Crippen molar-refractivity contribution in [1.29, 1.82) is 0 Å². The molecule has 1 fully saturated rings. The molecule has 4 rings (SSSR count). The summed E-state index contributed by atoms with van der Waals surface area (Å²) in [5.74, 6) is -0.361. The minimum Gasteiger partial charge on any atom is -0.461 e. The monoisotopic (exact) mass is 440 g/mol. The van der Waals surface area contributed by atoms with Crippen LogP contribution in [0.2, 0.25) is 0 Å². The number of aromatic amines is 1. The van der Waals surface area contributed by atoms with Crippen LogP contribution in [0.25, 0.3) is 22.2 Å². The first-order valence-electron chi connectivity index (χ1n) is 10.7. The molecule has 2 N–H and O–H groups in total. The summed E-state index contributed by atoms with van der Waals surface area (Å²) in [5, 5.41) is 0.948. The number of esters is 1. The maximum Gasteiger partial charge on any atom is 0.302 e. The maximum atomic E-state index is 13.2. The lowest BCUT2D eigenvalue weighted by atomic mass is 9.96. The topological polar surface area (TPSA) is 88.3 Å². The van der Waals surface area contributed by atoms with Crippen LogP contribution in [-0.4, -0.2) is 25.4 Å². The van der Waals surface area contributed by atoms with Gasteiger partial charge in [-0.25, -0.2) is 13.1 Å². The SMILES string of the molecule is CC(=O)OCc1c(-c2ccc(C)c(S(=O)(=O)NC3CCCCC3)c2)[nH]c2ccccc12. The van der Waals surface area contributed by atoms with Crippen LogP contribution in [0.5, 0.6) is 0 Å². The molecule has 0 radical (unpaired) electrons. The van der Waals surface area contributed by atoms with Crippen LogP contribution in [0.15, 0.2) is 47.4 Å². The van der Waals surface area contributed by atoms with Crippen LogP contribution < -0.4 is 4.72 Å². The Balaban J connectivity index is 1.75. The smallest absolute Gasteiger partial charge is 0.302 e. The summed E-state index contributed by atoms with van der Waals surface area (Å²) in [4.78, 5) is 15.1. The number of aromatic nitrogens is 1. The zero-order valence-electron chi connectivity index (χ0n) is 17.9. The highest BCUT2D eigenvalue weighted by molar-refractivity contribution is 7.89. The number of H-pyrrole nitrogens is 1. The second-order valence-electron chi connectivity index (χ2n) is 8.24. The molecule has 2 aromatic carbocycles. The molecule has 1 aliphatic rings. The standard InChI is InChI=1S/C24H28N2O4S/c1-16-12-13-18(14-23(16)31(28,29)26-19-8-4-3-5-9-19)24-21(15-30-17(2)27)20-10-6-7-11-22(20)25-24/h6-7,10-14,19,25-26H,3-5,8-9,15H2,1-2H3. The van der Waals surface area contributed by atoms with E-state index in [2.05, 4.69) is 9.71 Å². The minimum absolute atomic E-state index is 0.00518. The number of rotatable bonds is 6. The van der Waals surface area contributed by atoms with Crippen molar-refractivity contribution in [3.05, 3.63) is 53.6 Å². The minimum atomic E-state index is -3.64. The predicted octanol–water partition coefficient (Wildman–Crippen LogP) is 4.82. The highest BCUT2D eigenvalue weighted by atomic mass is 32.2. The van der Waals surface area contributed by atoms with Gasteiger partial charge in [0.05, 0.1) is 10.6 Å². The molecule has 0 atom stereocenters. The number of carbonyl (C=O) groups is 1. The van der Waals surface area contributed by atoms with E-state index in [0.717, 1.165) is 59.8 Å². The van der Waals surface area contributed by atoms with Crippen LogP contribution in [0.1, 0.15) is 50.2 Å². The number of aryl methyl sites for hydroxylation is 1. The van der Waals surface area contributed by atoms with Crippen LogP contribution >= 0.6 is 0 Å². The van der Waals surface area contributed by atoms with Crippen molar-refractivity contribution >= 4 is 26.9 Å². The van der Waals surface area contributed by atoms with E-state index in [1.54, 1.807) is 6.07 Å². The van der Waals surface area contributed by atoms with Gasteiger partial charge in [0.1, 0.15) is 6.61 Å². The van der Waals surface area contributed by atoms with Gasteiger partial charge in [-0.15, -0.1) is 0 Å². The Labute approximate surface area is 183 Å². The van der Waals surface area contributed by atoms with Gasteiger partial charge < -0.3 is 9.72 Å². The fourth-order valence-electron chi connectivity index (χ4n) is 4.32. The summed E-state index contributed by atoms with van der Waals surface area (Å²) in [6.45, 7) is 3.30. The molecule has 0 aliphatic heterocycles. The van der Waals surface area contributed by atoms with E-state index in [1.807, 2.05) is 43.3 Å². The van der Waals surface area contributed by atoms with Crippen molar-refractivity contribution in [2.75, 3.05) is 0 Å². The third-order valence-corrected chi connectivity index (χ3v) is 7.59. The molecule has 164 valence electrons. The second kappa shape index (κ2) is 8.85. The highest BCUT2D eigenvalue weighted by Gasteiger charge is 2.24. The second-order valence-corrected chi connectivity index (χ2v) is 9.92. The zero-order valence-corrected chi connectivity index (χ0v) is 18.7. The molecule has 0 spiro atoms. The molecule has 1 aromatic heterocycles. The molecule has 0 amide bonds. The van der Waals surface area contributed by atoms with Crippen LogP contribution in [0, 0.1) is 6.92 Å². The van der Waals surface area contributed by atoms with Crippen molar-refractivity contribution in [1.82, 2.24) is 9.71 Å². The Morgan fingerprint density at radius 2 is 1.87 bits per heavy atom. The summed E-state index contributed by atoms with van der Waals surface area (Å²) in [6.07, 6.45) is 5.04. The zero-order chi connectivity index (χ0) is 22.0. The van der Waals surface area contributed by atoms with Gasteiger partial charge in [0.2, 0.25) is 10.0 Å². The van der Waals surface area contributed by atoms with E-state index in [1.165, 1.54) is 6.92 Å². The molecule has 0 saturated heterocycles. The van der Waals surface area contributed by atoms with Gasteiger partial charge in [-0.1, -0.05) is 49.6 Å². The maximum absolute atomic E-state index is 13.2. The van der Waals surface area contributed by atoms with Crippen molar-refractivity contribution < 1.29 is 17.9 Å². The first-order valence-corrected chi connectivity index (χ1v) is 12.2. The van der Waals surface area contributed by atoms with Gasteiger partial charge in [0.15, 0.2) is 0 Å². The first-order chi connectivity index (χ1) is 14.8. The van der Waals surface area contributed by atoms with Crippen LogP contribution in [0.4, 0.5) is 0 Å². The van der Waals surface area contributed by atoms with Gasteiger partial charge in [-0.3, -0.25) is 4.79 Å². The summed E-state index contributed by atoms with van der Waals surface area (Å²) in [6, 6.07) is 13.2. The van der Waals surface area contributed by atoms with E-state index < -0.39 is 10.0 Å². The van der Waals surface area contributed by atoms with Crippen LogP contribution in [0.3, 0.4) is 0 Å². The Morgan fingerprint density at radius 3 is 2.61 bits per heavy atom. The van der Waals surface area contributed by atoms with E-state index in [4.69, 9.17) is 4.74 Å². The predicted molar refractivity (Wildman–Crippen MR) is 121 cm³/mol. The molecule has 1 aliphatic carbocycles. The molecular formula is C24H28N2O4S. The lowest BCUT2D eigenvalue weighted by Gasteiger charge is -2.23. The average molecular weight is 441 g/mol. The molecule has 31 heavy (non-hydrogen) atoms. The third-order valence-electron chi connectivity index (χ3n) is 5.93. The number of ether oxygens (including phenoxy) is 1. The Bertz CT molecular complexity index is 1210. The fourth-order valence-corrected chi connectivity index (χ4v) is 5.89. The highest BCUT2D eigenvalue weighted by Crippen LogP contribution is 2.33. The number of fused-ring (bicyclic) bond motifs is 1. The van der Waals surface area contributed by atoms with E-state index in [-0.39, 0.29) is 23.5 Å². The fraction of sp³-hybridized carbons (Fsp3) is 0.375. The molecule has 1 heterocycles. The Morgan fingerprint density at radius 1 is 1.13 bits per heavy atom. The third kappa shape index (κ3) is 4.67. The summed E-state index contributed by atoms with van der Waals surface area (Å²) >= 11 is 0. The van der Waals surface area contributed by atoms with Gasteiger partial charge in [-0.05, 0) is 43.0 Å². The van der Waals surface area contributed by atoms with E-state index >= 15 is 0 Å². The number of sulfonamides is 1. The lowest BCUT2D eigenvalue weighted by Crippen LogP contribution is -2.36. The summed E-state index contributed by atoms with van der Waals surface area (Å²) in [5.41, 5.74) is 3.94. The van der Waals surface area contributed by atoms with Crippen molar-refractivity contribution in [2.45, 2.75) is 63.5 Å².